The molecule has 4 aromatic rings. The SMILES string of the molecule is CC(=O)c1cccc(NC(=O)CSc2nc3ccc(NC(=O)CCc4ccccc4)cc3s2)c1. The van der Waals surface area contributed by atoms with Crippen molar-refractivity contribution in [2.75, 3.05) is 16.4 Å². The number of aryl methyl sites for hydroxylation is 1. The maximum absolute atomic E-state index is 12.3. The van der Waals surface area contributed by atoms with E-state index in [0.717, 1.165) is 25.8 Å². The molecule has 2 amide bonds. The maximum Gasteiger partial charge on any atom is 0.234 e. The summed E-state index contributed by atoms with van der Waals surface area (Å²) < 4.78 is 1.72. The number of rotatable bonds is 9. The van der Waals surface area contributed by atoms with Crippen molar-refractivity contribution in [1.82, 2.24) is 4.98 Å². The number of aromatic nitrogens is 1. The first-order valence-electron chi connectivity index (χ1n) is 10.7. The summed E-state index contributed by atoms with van der Waals surface area (Å²) in [5.74, 6) is -0.0522. The molecule has 0 fully saturated rings. The molecular formula is C26H23N3O3S2. The van der Waals surface area contributed by atoms with E-state index in [1.54, 1.807) is 24.3 Å². The Kier molecular flexibility index (Phi) is 7.72. The van der Waals surface area contributed by atoms with Crippen molar-refractivity contribution < 1.29 is 14.4 Å². The van der Waals surface area contributed by atoms with E-state index in [1.165, 1.54) is 30.0 Å². The minimum absolute atomic E-state index is 0.0344. The molecule has 0 spiro atoms. The molecule has 172 valence electrons. The second kappa shape index (κ2) is 11.1. The molecule has 0 saturated heterocycles. The molecule has 0 aliphatic carbocycles. The van der Waals surface area contributed by atoms with E-state index < -0.39 is 0 Å². The number of nitrogens with zero attached hydrogens (tertiary/aromatic N) is 1. The number of thiazole rings is 1. The van der Waals surface area contributed by atoms with Crippen LogP contribution in [-0.4, -0.2) is 28.3 Å². The van der Waals surface area contributed by atoms with Crippen LogP contribution in [0.3, 0.4) is 0 Å². The molecular weight excluding hydrogens is 466 g/mol. The monoisotopic (exact) mass is 489 g/mol. The molecule has 0 bridgehead atoms. The molecule has 0 aliphatic rings. The Morgan fingerprint density at radius 2 is 1.65 bits per heavy atom. The van der Waals surface area contributed by atoms with Gasteiger partial charge in [-0.3, -0.25) is 14.4 Å². The van der Waals surface area contributed by atoms with Gasteiger partial charge >= 0.3 is 0 Å². The van der Waals surface area contributed by atoms with Gasteiger partial charge in [0.25, 0.3) is 0 Å². The van der Waals surface area contributed by atoms with Gasteiger partial charge in [-0.15, -0.1) is 11.3 Å². The molecule has 6 nitrogen and oxygen atoms in total. The molecule has 0 atom stereocenters. The van der Waals surface area contributed by atoms with Crippen LogP contribution in [0.15, 0.2) is 77.1 Å². The quantitative estimate of drug-likeness (QED) is 0.229. The van der Waals surface area contributed by atoms with Gasteiger partial charge in [-0.2, -0.15) is 0 Å². The molecule has 2 N–H and O–H groups in total. The lowest BCUT2D eigenvalue weighted by Gasteiger charge is -2.05. The fourth-order valence-corrected chi connectivity index (χ4v) is 5.22. The molecule has 8 heteroatoms. The topological polar surface area (TPSA) is 88.2 Å². The number of hydrogen-bond acceptors (Lipinski definition) is 6. The van der Waals surface area contributed by atoms with Crippen molar-refractivity contribution in [2.45, 2.75) is 24.1 Å². The average molecular weight is 490 g/mol. The molecule has 0 saturated carbocycles. The number of benzene rings is 3. The second-order valence-electron chi connectivity index (χ2n) is 7.67. The normalized spacial score (nSPS) is 10.7. The average Bonchev–Trinajstić information content (AvgIpc) is 3.24. The number of anilines is 2. The van der Waals surface area contributed by atoms with Crippen LogP contribution >= 0.6 is 23.1 Å². The summed E-state index contributed by atoms with van der Waals surface area (Å²) in [6, 6.07) is 22.4. The van der Waals surface area contributed by atoms with E-state index >= 15 is 0 Å². The Morgan fingerprint density at radius 1 is 0.882 bits per heavy atom. The van der Waals surface area contributed by atoms with Crippen LogP contribution in [-0.2, 0) is 16.0 Å². The maximum atomic E-state index is 12.3. The number of amides is 2. The number of carbonyl (C=O) groups is 3. The van der Waals surface area contributed by atoms with Crippen molar-refractivity contribution in [1.29, 1.82) is 0 Å². The summed E-state index contributed by atoms with van der Waals surface area (Å²) in [5, 5.41) is 5.76. The van der Waals surface area contributed by atoms with Gasteiger partial charge in [0.05, 0.1) is 16.0 Å². The molecule has 0 unspecified atom stereocenters. The van der Waals surface area contributed by atoms with Gasteiger partial charge in [-0.05, 0) is 49.2 Å². The molecule has 0 aliphatic heterocycles. The lowest BCUT2D eigenvalue weighted by Crippen LogP contribution is -2.14. The summed E-state index contributed by atoms with van der Waals surface area (Å²) in [5.41, 5.74) is 3.83. The van der Waals surface area contributed by atoms with Crippen LogP contribution in [0, 0.1) is 0 Å². The summed E-state index contributed by atoms with van der Waals surface area (Å²) in [7, 11) is 0. The molecule has 34 heavy (non-hydrogen) atoms. The Balaban J connectivity index is 1.31. The third kappa shape index (κ3) is 6.52. The highest BCUT2D eigenvalue weighted by Crippen LogP contribution is 2.31. The highest BCUT2D eigenvalue weighted by molar-refractivity contribution is 8.01. The van der Waals surface area contributed by atoms with Crippen LogP contribution in [0.1, 0.15) is 29.3 Å². The van der Waals surface area contributed by atoms with E-state index in [4.69, 9.17) is 0 Å². The van der Waals surface area contributed by atoms with Crippen molar-refractivity contribution in [3.63, 3.8) is 0 Å². The number of fused-ring (bicyclic) bond motifs is 1. The van der Waals surface area contributed by atoms with Crippen molar-refractivity contribution >= 4 is 62.3 Å². The van der Waals surface area contributed by atoms with Crippen LogP contribution in [0.5, 0.6) is 0 Å². The first kappa shape index (κ1) is 23.7. The van der Waals surface area contributed by atoms with E-state index in [0.29, 0.717) is 24.1 Å². The highest BCUT2D eigenvalue weighted by Gasteiger charge is 2.11. The zero-order chi connectivity index (χ0) is 23.9. The Hall–Kier alpha value is -3.49. The number of nitrogens with one attached hydrogen (secondary N) is 2. The van der Waals surface area contributed by atoms with E-state index in [2.05, 4.69) is 15.6 Å². The predicted molar refractivity (Wildman–Crippen MR) is 139 cm³/mol. The van der Waals surface area contributed by atoms with Gasteiger partial charge in [0.1, 0.15) is 0 Å². The highest BCUT2D eigenvalue weighted by atomic mass is 32.2. The minimum Gasteiger partial charge on any atom is -0.326 e. The Bertz CT molecular complexity index is 1340. The number of ketones is 1. The van der Waals surface area contributed by atoms with E-state index in [-0.39, 0.29) is 23.4 Å². The third-order valence-corrected chi connectivity index (χ3v) is 7.18. The summed E-state index contributed by atoms with van der Waals surface area (Å²) in [6.45, 7) is 1.49. The largest absolute Gasteiger partial charge is 0.326 e. The molecule has 0 radical (unpaired) electrons. The van der Waals surface area contributed by atoms with Crippen LogP contribution < -0.4 is 10.6 Å². The van der Waals surface area contributed by atoms with Gasteiger partial charge < -0.3 is 10.6 Å². The fourth-order valence-electron chi connectivity index (χ4n) is 3.31. The zero-order valence-electron chi connectivity index (χ0n) is 18.5. The molecule has 3 aromatic carbocycles. The van der Waals surface area contributed by atoms with Crippen molar-refractivity contribution in [2.24, 2.45) is 0 Å². The van der Waals surface area contributed by atoms with E-state index in [9.17, 15) is 14.4 Å². The number of Topliss-reactive ketones (excluding diaryl/α,β-unsaturated/α-hetero) is 1. The van der Waals surface area contributed by atoms with Gasteiger partial charge in [0.15, 0.2) is 10.1 Å². The molecule has 4 rings (SSSR count). The van der Waals surface area contributed by atoms with Gasteiger partial charge in [0, 0.05) is 23.4 Å². The predicted octanol–water partition coefficient (Wildman–Crippen LogP) is 5.80. The van der Waals surface area contributed by atoms with Gasteiger partial charge in [-0.1, -0.05) is 54.2 Å². The molecule has 1 aromatic heterocycles. The third-order valence-electron chi connectivity index (χ3n) is 5.02. The summed E-state index contributed by atoms with van der Waals surface area (Å²) >= 11 is 2.83. The van der Waals surface area contributed by atoms with Crippen LogP contribution in [0.4, 0.5) is 11.4 Å². The number of hydrogen-bond donors (Lipinski definition) is 2. The summed E-state index contributed by atoms with van der Waals surface area (Å²) in [6.07, 6.45) is 1.10. The standard InChI is InChI=1S/C26H23N3O3S2/c1-17(30)19-8-5-9-20(14-19)28-25(32)16-33-26-29-22-12-11-21(15-23(22)34-26)27-24(31)13-10-18-6-3-2-4-7-18/h2-9,11-12,14-15H,10,13,16H2,1H3,(H,27,31)(H,28,32). The number of carbonyl (C=O) groups excluding carboxylic acids is 3. The second-order valence-corrected chi connectivity index (χ2v) is 9.92. The minimum atomic E-state index is -0.170. The Labute approximate surface area is 205 Å². The van der Waals surface area contributed by atoms with Gasteiger partial charge in [-0.25, -0.2) is 4.98 Å². The van der Waals surface area contributed by atoms with Crippen molar-refractivity contribution in [3.05, 3.63) is 83.9 Å². The zero-order valence-corrected chi connectivity index (χ0v) is 20.2. The van der Waals surface area contributed by atoms with Crippen LogP contribution in [0.2, 0.25) is 0 Å². The smallest absolute Gasteiger partial charge is 0.234 e. The molecule has 1 heterocycles. The van der Waals surface area contributed by atoms with E-state index in [1.807, 2.05) is 48.5 Å². The summed E-state index contributed by atoms with van der Waals surface area (Å²) in [4.78, 5) is 40.7. The van der Waals surface area contributed by atoms with Crippen LogP contribution in [0.25, 0.3) is 10.2 Å². The lowest BCUT2D eigenvalue weighted by molar-refractivity contribution is -0.116. The first-order chi connectivity index (χ1) is 16.5. The van der Waals surface area contributed by atoms with Crippen molar-refractivity contribution in [3.8, 4) is 0 Å². The lowest BCUT2D eigenvalue weighted by atomic mass is 10.1. The first-order valence-corrected chi connectivity index (χ1v) is 12.5. The fraction of sp³-hybridized carbons (Fsp3) is 0.154. The number of thioether (sulfide) groups is 1. The Morgan fingerprint density at radius 3 is 2.44 bits per heavy atom. The van der Waals surface area contributed by atoms with Gasteiger partial charge in [0.2, 0.25) is 11.8 Å².